The Kier molecular flexibility index (Phi) is 7.31. The first-order valence-electron chi connectivity index (χ1n) is 8.16. The molecule has 11 heteroatoms. The van der Waals surface area contributed by atoms with E-state index in [0.717, 1.165) is 5.69 Å². The maximum Gasteiger partial charge on any atom is 0.461 e. The molecule has 0 saturated heterocycles. The van der Waals surface area contributed by atoms with E-state index in [2.05, 4.69) is 15.1 Å². The molecule has 1 heterocycles. The number of rotatable bonds is 9. The van der Waals surface area contributed by atoms with Crippen molar-refractivity contribution in [3.05, 3.63) is 23.7 Å². The normalized spacial score (nSPS) is 11.2. The van der Waals surface area contributed by atoms with Crippen LogP contribution in [0.15, 0.2) is 23.7 Å². The lowest BCUT2D eigenvalue weighted by atomic mass is 10.2. The van der Waals surface area contributed by atoms with Gasteiger partial charge < -0.3 is 14.4 Å². The number of alkyl halides is 3. The Labute approximate surface area is 164 Å². The predicted molar refractivity (Wildman–Crippen MR) is 108 cm³/mol. The third kappa shape index (κ3) is 5.73. The van der Waals surface area contributed by atoms with Crippen molar-refractivity contribution in [2.24, 2.45) is 0 Å². The van der Waals surface area contributed by atoms with E-state index < -0.39 is 5.51 Å². The largest absolute Gasteiger partial charge is 0.495 e. The van der Waals surface area contributed by atoms with Crippen LogP contribution in [0.4, 0.5) is 35.4 Å². The lowest BCUT2D eigenvalue weighted by molar-refractivity contribution is -0.0323. The maximum atomic E-state index is 12.7. The van der Waals surface area contributed by atoms with Gasteiger partial charge in [0.15, 0.2) is 0 Å². The molecule has 2 aromatic rings. The van der Waals surface area contributed by atoms with Crippen LogP contribution in [0.2, 0.25) is 0 Å². The monoisotopic (exact) mass is 421 g/mol. The van der Waals surface area contributed by atoms with Crippen molar-refractivity contribution in [2.45, 2.75) is 19.4 Å². The SMILES string of the molecule is CCN(CC)c1cc(NSC(F)(F)F)c(N(C)Nc2nccs2)cc1OC. The molecule has 1 aromatic heterocycles. The highest BCUT2D eigenvalue weighted by Gasteiger charge is 2.30. The Hall–Kier alpha value is -2.01. The molecule has 0 radical (unpaired) electrons. The standard InChI is InChI=1S/C16H22F3N5OS2/c1-5-24(6-2)13-9-11(22-27-16(17,18)19)12(10-14(13)25-4)23(3)21-15-20-7-8-26-15/h7-10,22H,5-6H2,1-4H3,(H,20,21). The van der Waals surface area contributed by atoms with E-state index in [9.17, 15) is 13.2 Å². The second kappa shape index (κ2) is 9.27. The molecular weight excluding hydrogens is 399 g/mol. The van der Waals surface area contributed by atoms with E-state index >= 15 is 0 Å². The van der Waals surface area contributed by atoms with Crippen LogP contribution < -0.4 is 24.8 Å². The smallest absolute Gasteiger partial charge is 0.461 e. The van der Waals surface area contributed by atoms with E-state index in [0.29, 0.717) is 35.3 Å². The predicted octanol–water partition coefficient (Wildman–Crippen LogP) is 5.04. The molecule has 0 aliphatic carbocycles. The lowest BCUT2D eigenvalue weighted by Crippen LogP contribution is -2.27. The molecule has 0 bridgehead atoms. The number of halogens is 3. The van der Waals surface area contributed by atoms with Crippen molar-refractivity contribution < 1.29 is 17.9 Å². The molecule has 0 aliphatic rings. The minimum Gasteiger partial charge on any atom is -0.495 e. The Morgan fingerprint density at radius 1 is 1.22 bits per heavy atom. The lowest BCUT2D eigenvalue weighted by Gasteiger charge is -2.28. The molecule has 0 spiro atoms. The summed E-state index contributed by atoms with van der Waals surface area (Å²) in [7, 11) is 3.24. The minimum absolute atomic E-state index is 0.302. The van der Waals surface area contributed by atoms with Gasteiger partial charge in [-0.2, -0.15) is 13.2 Å². The highest BCUT2D eigenvalue weighted by Crippen LogP contribution is 2.41. The number of nitrogens with one attached hydrogen (secondary N) is 2. The van der Waals surface area contributed by atoms with E-state index in [4.69, 9.17) is 4.74 Å². The first kappa shape index (κ1) is 21.3. The molecular formula is C16H22F3N5OS2. The number of methoxy groups -OCH3 is 1. The van der Waals surface area contributed by atoms with Crippen LogP contribution in [0.25, 0.3) is 0 Å². The number of hydrazine groups is 1. The first-order chi connectivity index (χ1) is 12.8. The van der Waals surface area contributed by atoms with Gasteiger partial charge in [0, 0.05) is 37.8 Å². The summed E-state index contributed by atoms with van der Waals surface area (Å²) in [4.78, 5) is 6.15. The molecule has 0 aliphatic heterocycles. The average molecular weight is 422 g/mol. The fraction of sp³-hybridized carbons (Fsp3) is 0.438. The van der Waals surface area contributed by atoms with Gasteiger partial charge in [-0.25, -0.2) is 4.98 Å². The molecule has 0 fully saturated rings. The van der Waals surface area contributed by atoms with Gasteiger partial charge in [0.1, 0.15) is 5.75 Å². The number of benzene rings is 1. The van der Waals surface area contributed by atoms with E-state index in [1.807, 2.05) is 18.7 Å². The number of aromatic nitrogens is 1. The quantitative estimate of drug-likeness (QED) is 0.434. The number of thiazole rings is 1. The van der Waals surface area contributed by atoms with Gasteiger partial charge in [-0.05, 0) is 19.9 Å². The van der Waals surface area contributed by atoms with Crippen LogP contribution in [-0.4, -0.2) is 37.7 Å². The summed E-state index contributed by atoms with van der Waals surface area (Å²) in [6, 6.07) is 3.37. The zero-order valence-electron chi connectivity index (χ0n) is 15.4. The molecule has 0 amide bonds. The van der Waals surface area contributed by atoms with Gasteiger partial charge in [0.25, 0.3) is 0 Å². The van der Waals surface area contributed by atoms with Crippen molar-refractivity contribution in [2.75, 3.05) is 47.3 Å². The van der Waals surface area contributed by atoms with Crippen LogP contribution in [0.1, 0.15) is 13.8 Å². The number of hydrogen-bond donors (Lipinski definition) is 2. The second-order valence-electron chi connectivity index (χ2n) is 5.37. The van der Waals surface area contributed by atoms with Crippen molar-refractivity contribution in [1.82, 2.24) is 4.98 Å². The Balaban J connectivity index is 2.44. The Morgan fingerprint density at radius 3 is 2.44 bits per heavy atom. The molecule has 2 rings (SSSR count). The Bertz CT molecular complexity index is 724. The zero-order valence-corrected chi connectivity index (χ0v) is 17.1. The molecule has 1 aromatic carbocycles. The third-order valence-electron chi connectivity index (χ3n) is 3.74. The van der Waals surface area contributed by atoms with Crippen LogP contribution in [0.3, 0.4) is 0 Å². The van der Waals surface area contributed by atoms with Gasteiger partial charge >= 0.3 is 5.51 Å². The molecule has 0 atom stereocenters. The number of anilines is 4. The van der Waals surface area contributed by atoms with Crippen molar-refractivity contribution >= 4 is 45.5 Å². The summed E-state index contributed by atoms with van der Waals surface area (Å²) in [5, 5.41) is 4.03. The summed E-state index contributed by atoms with van der Waals surface area (Å²) < 4.78 is 46.1. The fourth-order valence-corrected chi connectivity index (χ4v) is 3.44. The van der Waals surface area contributed by atoms with E-state index in [1.54, 1.807) is 35.8 Å². The molecule has 0 saturated carbocycles. The van der Waals surface area contributed by atoms with Crippen molar-refractivity contribution in [3.8, 4) is 5.75 Å². The number of hydrogen-bond acceptors (Lipinski definition) is 8. The number of nitrogens with zero attached hydrogens (tertiary/aromatic N) is 3. The Morgan fingerprint density at radius 2 is 1.93 bits per heavy atom. The van der Waals surface area contributed by atoms with Gasteiger partial charge in [-0.1, -0.05) is 0 Å². The van der Waals surface area contributed by atoms with Crippen LogP contribution >= 0.6 is 23.3 Å². The minimum atomic E-state index is -4.41. The molecule has 27 heavy (non-hydrogen) atoms. The van der Waals surface area contributed by atoms with Gasteiger partial charge in [-0.15, -0.1) is 11.3 Å². The van der Waals surface area contributed by atoms with Crippen LogP contribution in [0.5, 0.6) is 5.75 Å². The zero-order chi connectivity index (χ0) is 20.0. The van der Waals surface area contributed by atoms with Crippen molar-refractivity contribution in [1.29, 1.82) is 0 Å². The summed E-state index contributed by atoms with van der Waals surface area (Å²) in [5.74, 6) is 0.573. The summed E-state index contributed by atoms with van der Waals surface area (Å²) >= 11 is 1.08. The highest BCUT2D eigenvalue weighted by atomic mass is 32.2. The third-order valence-corrected chi connectivity index (χ3v) is 4.97. The highest BCUT2D eigenvalue weighted by molar-refractivity contribution is 8.01. The second-order valence-corrected chi connectivity index (χ2v) is 7.14. The topological polar surface area (TPSA) is 52.7 Å². The van der Waals surface area contributed by atoms with E-state index in [1.165, 1.54) is 18.4 Å². The summed E-state index contributed by atoms with van der Waals surface area (Å²) in [5.41, 5.74) is 0.164. The fourth-order valence-electron chi connectivity index (χ4n) is 2.49. The first-order valence-corrected chi connectivity index (χ1v) is 9.86. The molecule has 6 nitrogen and oxygen atoms in total. The van der Waals surface area contributed by atoms with Gasteiger partial charge in [-0.3, -0.25) is 10.4 Å². The van der Waals surface area contributed by atoms with Crippen LogP contribution in [0, 0.1) is 0 Å². The summed E-state index contributed by atoms with van der Waals surface area (Å²) in [6.07, 6.45) is 1.64. The van der Waals surface area contributed by atoms with Gasteiger partial charge in [0.2, 0.25) is 5.13 Å². The maximum absolute atomic E-state index is 12.7. The van der Waals surface area contributed by atoms with E-state index in [-0.39, 0.29) is 11.9 Å². The number of ether oxygens (including phenoxy) is 1. The average Bonchev–Trinajstić information content (AvgIpc) is 3.13. The van der Waals surface area contributed by atoms with Crippen molar-refractivity contribution in [3.63, 3.8) is 0 Å². The van der Waals surface area contributed by atoms with Gasteiger partial charge in [0.05, 0.1) is 36.1 Å². The van der Waals surface area contributed by atoms with Crippen LogP contribution in [-0.2, 0) is 0 Å². The molecule has 2 N–H and O–H groups in total. The molecule has 150 valence electrons. The molecule has 0 unspecified atom stereocenters. The summed E-state index contributed by atoms with van der Waals surface area (Å²) in [6.45, 7) is 5.35.